The van der Waals surface area contributed by atoms with Crippen molar-refractivity contribution in [3.05, 3.63) is 51.6 Å². The highest BCUT2D eigenvalue weighted by Gasteiger charge is 2.35. The molecule has 1 aliphatic rings. The van der Waals surface area contributed by atoms with Crippen LogP contribution in [0.4, 0.5) is 5.69 Å². The summed E-state index contributed by atoms with van der Waals surface area (Å²) < 4.78 is 0. The summed E-state index contributed by atoms with van der Waals surface area (Å²) in [5, 5.41) is 63.3. The van der Waals surface area contributed by atoms with E-state index in [4.69, 9.17) is 0 Å². The Morgan fingerprint density at radius 1 is 0.877 bits per heavy atom. The maximum Gasteiger partial charge on any atom is 0.326 e. The topological polar surface area (TPSA) is 298 Å². The first kappa shape index (κ1) is 53.0. The van der Waals surface area contributed by atoms with E-state index in [1.54, 1.807) is 0 Å². The Kier molecular flexibility index (Phi) is 20.6. The smallest absolute Gasteiger partial charge is 0.326 e. The molecule has 20 nitrogen and oxygen atoms in total. The summed E-state index contributed by atoms with van der Waals surface area (Å²) in [4.78, 5) is 105. The lowest BCUT2D eigenvalue weighted by Crippen LogP contribution is -2.55. The van der Waals surface area contributed by atoms with E-state index >= 15 is 0 Å². The van der Waals surface area contributed by atoms with Crippen LogP contribution in [0.3, 0.4) is 0 Å². The average molecular weight is 912 g/mol. The molecule has 4 bridgehead atoms. The summed E-state index contributed by atoms with van der Waals surface area (Å²) in [5.41, 5.74) is -1.38. The molecule has 358 valence electrons. The van der Waals surface area contributed by atoms with Gasteiger partial charge in [-0.2, -0.15) is 0 Å². The number of rotatable bonds is 22. The Hall–Kier alpha value is -6.31. The molecule has 8 N–H and O–H groups in total. The van der Waals surface area contributed by atoms with Gasteiger partial charge in [0, 0.05) is 44.1 Å². The van der Waals surface area contributed by atoms with E-state index in [1.807, 2.05) is 0 Å². The van der Waals surface area contributed by atoms with E-state index in [0.717, 1.165) is 53.5 Å². The van der Waals surface area contributed by atoms with Gasteiger partial charge in [-0.1, -0.05) is 77.7 Å². The molecule has 0 aromatic heterocycles. The summed E-state index contributed by atoms with van der Waals surface area (Å²) in [6.07, 6.45) is 10.5. The number of likely N-dealkylation sites (N-methyl/N-ethyl adjacent to an activating group) is 2. The first-order valence-corrected chi connectivity index (χ1v) is 22.1. The number of aliphatic carboxylic acids is 1. The molecule has 0 saturated carbocycles. The third kappa shape index (κ3) is 15.1. The van der Waals surface area contributed by atoms with Crippen molar-refractivity contribution in [2.75, 3.05) is 27.2 Å². The van der Waals surface area contributed by atoms with E-state index < -0.39 is 107 Å². The van der Waals surface area contributed by atoms with Crippen LogP contribution in [0.1, 0.15) is 115 Å². The van der Waals surface area contributed by atoms with E-state index in [9.17, 15) is 64.1 Å². The minimum absolute atomic E-state index is 0.00206. The van der Waals surface area contributed by atoms with Gasteiger partial charge >= 0.3 is 11.7 Å². The molecule has 0 spiro atoms. The molecule has 6 unspecified atom stereocenters. The quantitative estimate of drug-likeness (QED) is 0.0479. The largest absolute Gasteiger partial charge is 0.507 e. The number of phenolic OH excluding ortho intramolecular Hbond substituents is 2. The van der Waals surface area contributed by atoms with Gasteiger partial charge in [-0.15, -0.1) is 0 Å². The van der Waals surface area contributed by atoms with Gasteiger partial charge in [0.2, 0.25) is 41.2 Å². The lowest BCUT2D eigenvalue weighted by atomic mass is 9.93. The van der Waals surface area contributed by atoms with E-state index in [0.29, 0.717) is 6.42 Å². The fourth-order valence-corrected chi connectivity index (χ4v) is 7.45. The van der Waals surface area contributed by atoms with Crippen LogP contribution in [0.5, 0.6) is 11.5 Å². The van der Waals surface area contributed by atoms with Gasteiger partial charge in [-0.05, 0) is 55.5 Å². The minimum atomic E-state index is -1.65. The monoisotopic (exact) mass is 911 g/mol. The third-order valence-corrected chi connectivity index (χ3v) is 11.8. The van der Waals surface area contributed by atoms with E-state index in [-0.39, 0.29) is 34.6 Å². The molecule has 0 fully saturated rings. The Labute approximate surface area is 378 Å². The number of phenols is 2. The predicted octanol–water partition coefficient (Wildman–Crippen LogP) is 3.19. The number of aliphatic hydroxyl groups is 1. The summed E-state index contributed by atoms with van der Waals surface area (Å²) in [5.74, 6) is -6.92. The fraction of sp³-hybridized carbons (Fsp3) is 0.578. The second-order valence-corrected chi connectivity index (χ2v) is 16.8. The lowest BCUT2D eigenvalue weighted by molar-refractivity contribution is -0.385. The third-order valence-electron chi connectivity index (χ3n) is 11.8. The highest BCUT2D eigenvalue weighted by Crippen LogP contribution is 2.43. The van der Waals surface area contributed by atoms with E-state index in [1.165, 1.54) is 78.2 Å². The number of carboxylic acids is 1. The summed E-state index contributed by atoms with van der Waals surface area (Å²) in [7, 11) is 2.59. The zero-order valence-electron chi connectivity index (χ0n) is 38.1. The molecule has 6 atom stereocenters. The number of carboxylic acid groups (broad SMARTS) is 1. The first-order chi connectivity index (χ1) is 30.7. The number of benzene rings is 2. The van der Waals surface area contributed by atoms with Crippen molar-refractivity contribution in [3.8, 4) is 22.6 Å². The number of aromatic hydroxyl groups is 2. The summed E-state index contributed by atoms with van der Waals surface area (Å²) in [6.45, 7) is 5.62. The molecule has 0 saturated heterocycles. The molecule has 6 amide bonds. The van der Waals surface area contributed by atoms with Crippen LogP contribution in [0.2, 0.25) is 0 Å². The highest BCUT2D eigenvalue weighted by molar-refractivity contribution is 5.96. The number of nitro benzene ring substituents is 1. The van der Waals surface area contributed by atoms with Crippen molar-refractivity contribution in [1.82, 2.24) is 31.1 Å². The van der Waals surface area contributed by atoms with Crippen molar-refractivity contribution in [2.45, 2.75) is 135 Å². The zero-order valence-corrected chi connectivity index (χ0v) is 38.1. The second-order valence-electron chi connectivity index (χ2n) is 16.8. The number of nitrogens with zero attached hydrogens (tertiary/aromatic N) is 3. The first-order valence-electron chi connectivity index (χ1n) is 22.1. The Balaban J connectivity index is 1.70. The van der Waals surface area contributed by atoms with Crippen molar-refractivity contribution in [2.24, 2.45) is 5.92 Å². The van der Waals surface area contributed by atoms with Crippen LogP contribution in [0, 0.1) is 16.0 Å². The second kappa shape index (κ2) is 25.2. The SMILES string of the molecule is CCC(C)CCCCCCCCCCC(=O)N(C)C(CO)C(=O)NC(C)C(=O)NCC(=O)N(C)C1C(=O)NC(C)C(=O)NC(C(=O)O)Cc2cc(c(O)c([N+](=O)[O-])c2)-c2cc1ccc2O. The maximum absolute atomic E-state index is 13.9. The molecule has 2 aromatic carbocycles. The number of nitrogens with one attached hydrogen (secondary N) is 4. The van der Waals surface area contributed by atoms with E-state index in [2.05, 4.69) is 35.1 Å². The fourth-order valence-electron chi connectivity index (χ4n) is 7.45. The number of nitro groups is 1. The number of hydrogen-bond donors (Lipinski definition) is 8. The maximum atomic E-state index is 13.9. The number of carbonyl (C=O) groups is 7. The van der Waals surface area contributed by atoms with Crippen molar-refractivity contribution < 1.29 is 58.9 Å². The summed E-state index contributed by atoms with van der Waals surface area (Å²) in [6, 6.07) is -1.52. The predicted molar refractivity (Wildman–Crippen MR) is 238 cm³/mol. The Bertz CT molecular complexity index is 2050. The van der Waals surface area contributed by atoms with Crippen molar-refractivity contribution >= 4 is 47.1 Å². The van der Waals surface area contributed by atoms with Gasteiger partial charge in [-0.3, -0.25) is 38.9 Å². The van der Waals surface area contributed by atoms with Gasteiger partial charge in [0.25, 0.3) is 0 Å². The Morgan fingerprint density at radius 2 is 1.51 bits per heavy atom. The van der Waals surface area contributed by atoms with Gasteiger partial charge in [-0.25, -0.2) is 4.79 Å². The van der Waals surface area contributed by atoms with Crippen molar-refractivity contribution in [1.29, 1.82) is 0 Å². The number of hydrogen-bond acceptors (Lipinski definition) is 12. The number of fused-ring (bicyclic) bond motifs is 5. The van der Waals surface area contributed by atoms with Crippen LogP contribution in [0.25, 0.3) is 11.1 Å². The molecule has 0 radical (unpaired) electrons. The molecular formula is C45H65N7O13. The molecule has 1 aliphatic heterocycles. The Morgan fingerprint density at radius 3 is 2.11 bits per heavy atom. The molecule has 3 rings (SSSR count). The average Bonchev–Trinajstić information content (AvgIpc) is 3.26. The molecule has 65 heavy (non-hydrogen) atoms. The van der Waals surface area contributed by atoms with Crippen LogP contribution >= 0.6 is 0 Å². The van der Waals surface area contributed by atoms with Gasteiger partial charge in [0.05, 0.1) is 18.1 Å². The van der Waals surface area contributed by atoms with Crippen LogP contribution < -0.4 is 21.3 Å². The molecule has 2 aromatic rings. The zero-order chi connectivity index (χ0) is 48.5. The molecule has 20 heteroatoms. The van der Waals surface area contributed by atoms with Gasteiger partial charge in [0.1, 0.15) is 36.0 Å². The standard InChI is InChI=1S/C45H65N7O13/c1-7-26(2)16-14-12-10-8-9-11-13-15-17-37(55)50(5)35(25-53)43(60)47-27(3)41(58)46-24-38(56)51(6)39-30-18-19-36(54)31(23-30)32-20-29(22-34(40(32)57)52(64)65)21-33(45(62)63)49-42(59)28(4)48-44(39)61/h18-20,22-23,26-28,33,35,39,53-54,57H,7-17,21,24-25H2,1-6H3,(H,46,58)(H,47,60)(H,48,61)(H,49,59)(H,62,63). The van der Waals surface area contributed by atoms with Crippen LogP contribution in [0.15, 0.2) is 30.3 Å². The summed E-state index contributed by atoms with van der Waals surface area (Å²) >= 11 is 0. The lowest BCUT2D eigenvalue weighted by Gasteiger charge is -2.30. The highest BCUT2D eigenvalue weighted by atomic mass is 16.6. The molecular weight excluding hydrogens is 847 g/mol. The number of amides is 6. The van der Waals surface area contributed by atoms with Crippen molar-refractivity contribution in [3.63, 3.8) is 0 Å². The molecule has 1 heterocycles. The van der Waals surface area contributed by atoms with Gasteiger partial charge in [0.15, 0.2) is 0 Å². The molecule has 0 aliphatic carbocycles. The minimum Gasteiger partial charge on any atom is -0.507 e. The normalized spacial score (nSPS) is 17.6. The van der Waals surface area contributed by atoms with Gasteiger partial charge < -0.3 is 51.5 Å². The van der Waals surface area contributed by atoms with Crippen LogP contribution in [-0.4, -0.2) is 128 Å². The number of carbonyl (C=O) groups excluding carboxylic acids is 6. The van der Waals surface area contributed by atoms with Crippen LogP contribution in [-0.2, 0) is 40.0 Å². The number of aliphatic hydroxyl groups excluding tert-OH is 1. The number of unbranched alkanes of at least 4 members (excludes halogenated alkanes) is 7.